The topological polar surface area (TPSA) is 140 Å². The fourth-order valence-electron chi connectivity index (χ4n) is 6.54. The van der Waals surface area contributed by atoms with Crippen LogP contribution in [0.2, 0.25) is 0 Å². The molecule has 2 aromatic carbocycles. The lowest BCUT2D eigenvalue weighted by atomic mass is 9.72. The number of aryl methyl sites for hydroxylation is 1. The highest BCUT2D eigenvalue weighted by Crippen LogP contribution is 2.58. The molecule has 5 atom stereocenters. The van der Waals surface area contributed by atoms with Crippen molar-refractivity contribution < 1.29 is 33.4 Å². The molecule has 226 valence electrons. The fourth-order valence-corrected chi connectivity index (χ4v) is 6.54. The van der Waals surface area contributed by atoms with Crippen molar-refractivity contribution in [1.82, 2.24) is 10.3 Å². The number of ether oxygens (including phenoxy) is 2. The van der Waals surface area contributed by atoms with Crippen LogP contribution in [0.25, 0.3) is 0 Å². The maximum Gasteiger partial charge on any atom is 0.360 e. The molecule has 10 heteroatoms. The number of rotatable bonds is 6. The quantitative estimate of drug-likeness (QED) is 0.362. The van der Waals surface area contributed by atoms with E-state index in [1.54, 1.807) is 13.8 Å². The number of methoxy groups -OCH3 is 1. The Labute approximate surface area is 250 Å². The number of nitrogens with zero attached hydrogens (tertiary/aromatic N) is 1. The van der Waals surface area contributed by atoms with E-state index in [2.05, 4.69) is 21.7 Å². The van der Waals surface area contributed by atoms with Crippen LogP contribution >= 0.6 is 0 Å². The number of anilines is 1. The Hall–Kier alpha value is -4.18. The van der Waals surface area contributed by atoms with Gasteiger partial charge in [-0.1, -0.05) is 57.5 Å². The molecule has 0 aliphatic carbocycles. The number of carbonyl (C=O) groups is 3. The van der Waals surface area contributed by atoms with Gasteiger partial charge >= 0.3 is 5.97 Å². The lowest BCUT2D eigenvalue weighted by Gasteiger charge is -2.29. The van der Waals surface area contributed by atoms with Crippen LogP contribution in [0, 0.1) is 24.7 Å². The average molecular weight is 588 g/mol. The molecule has 3 aliphatic heterocycles. The molecule has 0 fully saturated rings. The predicted octanol–water partition coefficient (Wildman–Crippen LogP) is 4.21. The third-order valence-corrected chi connectivity index (χ3v) is 8.87. The number of hydrogen-bond acceptors (Lipinski definition) is 9. The van der Waals surface area contributed by atoms with E-state index in [1.165, 1.54) is 7.11 Å². The molecule has 3 N–H and O–H groups in total. The number of hydrogen-bond donors (Lipinski definition) is 3. The normalized spacial score (nSPS) is 24.2. The molecular weight excluding hydrogens is 550 g/mol. The SMILES string of the molecule is COC(=O)c1nc2oc1C13c4cc(C)ccc4NC1Oc1ccc(cc13)CC(CC(=O)[C@@H](O)C(C)C)C(=O)N[C@H]2C(C)C. The first kappa shape index (κ1) is 28.9. The summed E-state index contributed by atoms with van der Waals surface area (Å²) < 4.78 is 18.3. The number of nitrogens with one attached hydrogen (secondary N) is 2. The van der Waals surface area contributed by atoms with Crippen LogP contribution in [0.5, 0.6) is 5.75 Å². The lowest BCUT2D eigenvalue weighted by molar-refractivity contribution is -0.135. The standard InChI is InChI=1S/C33H37N3O7/c1-15(2)25-30-36-26(31(40)41-6)28(43-30)33-20-11-17(5)7-9-22(20)34-32(33)42-24-10-8-18(13-21(24)33)12-19(29(39)35-25)14-23(37)27(38)16(3)4/h7-11,13,15-16,19,25,27,32,34,38H,12,14H2,1-6H3,(H,35,39)/t19?,25-,27-,32?,33?/m0/s1. The van der Waals surface area contributed by atoms with Gasteiger partial charge in [-0.2, -0.15) is 0 Å². The second-order valence-corrected chi connectivity index (χ2v) is 12.5. The van der Waals surface area contributed by atoms with Crippen molar-refractivity contribution in [2.45, 2.75) is 71.2 Å². The summed E-state index contributed by atoms with van der Waals surface area (Å²) >= 11 is 0. The molecule has 0 saturated carbocycles. The Kier molecular flexibility index (Phi) is 7.07. The summed E-state index contributed by atoms with van der Waals surface area (Å²) in [4.78, 5) is 44.9. The highest BCUT2D eigenvalue weighted by atomic mass is 16.5. The molecule has 0 radical (unpaired) electrons. The van der Waals surface area contributed by atoms with Crippen LogP contribution in [-0.2, 0) is 26.2 Å². The summed E-state index contributed by atoms with van der Waals surface area (Å²) in [5.74, 6) is -1.61. The maximum absolute atomic E-state index is 13.8. The molecule has 43 heavy (non-hydrogen) atoms. The second kappa shape index (κ2) is 10.5. The number of esters is 1. The van der Waals surface area contributed by atoms with Gasteiger partial charge in [0.1, 0.15) is 23.3 Å². The van der Waals surface area contributed by atoms with Gasteiger partial charge in [-0.15, -0.1) is 0 Å². The van der Waals surface area contributed by atoms with Crippen molar-refractivity contribution in [1.29, 1.82) is 0 Å². The molecule has 4 bridgehead atoms. The third kappa shape index (κ3) is 4.50. The van der Waals surface area contributed by atoms with Crippen molar-refractivity contribution in [3.05, 3.63) is 76.0 Å². The van der Waals surface area contributed by atoms with Crippen molar-refractivity contribution in [2.75, 3.05) is 12.4 Å². The molecule has 0 saturated heterocycles. The number of fused-ring (bicyclic) bond motifs is 4. The number of amides is 1. The minimum atomic E-state index is -1.17. The van der Waals surface area contributed by atoms with Gasteiger partial charge < -0.3 is 29.6 Å². The van der Waals surface area contributed by atoms with Crippen molar-refractivity contribution in [2.24, 2.45) is 17.8 Å². The Morgan fingerprint density at radius 2 is 1.88 bits per heavy atom. The van der Waals surface area contributed by atoms with E-state index < -0.39 is 35.7 Å². The van der Waals surface area contributed by atoms with Gasteiger partial charge in [0.05, 0.1) is 7.11 Å². The first-order valence-corrected chi connectivity index (χ1v) is 14.7. The zero-order valence-electron chi connectivity index (χ0n) is 25.2. The van der Waals surface area contributed by atoms with Gasteiger partial charge in [0.25, 0.3) is 0 Å². The predicted molar refractivity (Wildman–Crippen MR) is 157 cm³/mol. The lowest BCUT2D eigenvalue weighted by Crippen LogP contribution is -2.41. The number of benzene rings is 2. The van der Waals surface area contributed by atoms with Crippen LogP contribution in [0.1, 0.15) is 84.6 Å². The highest BCUT2D eigenvalue weighted by Gasteiger charge is 2.61. The number of oxazole rings is 1. The Bertz CT molecular complexity index is 1630. The molecule has 1 spiro atoms. The van der Waals surface area contributed by atoms with Crippen LogP contribution in [0.15, 0.2) is 40.8 Å². The summed E-state index contributed by atoms with van der Waals surface area (Å²) in [7, 11) is 1.29. The maximum atomic E-state index is 13.8. The van der Waals surface area contributed by atoms with E-state index >= 15 is 0 Å². The van der Waals surface area contributed by atoms with E-state index in [-0.39, 0.29) is 53.7 Å². The smallest absolute Gasteiger partial charge is 0.360 e. The Morgan fingerprint density at radius 1 is 1.12 bits per heavy atom. The highest BCUT2D eigenvalue weighted by molar-refractivity contribution is 5.91. The molecule has 3 aliphatic rings. The van der Waals surface area contributed by atoms with Gasteiger partial charge in [-0.25, -0.2) is 9.78 Å². The van der Waals surface area contributed by atoms with Gasteiger partial charge in [0.15, 0.2) is 23.5 Å². The molecule has 3 aromatic rings. The van der Waals surface area contributed by atoms with E-state index in [1.807, 2.05) is 51.1 Å². The van der Waals surface area contributed by atoms with E-state index in [0.717, 1.165) is 27.9 Å². The van der Waals surface area contributed by atoms with Gasteiger partial charge in [0, 0.05) is 23.6 Å². The molecule has 3 unspecified atom stereocenters. The number of Topliss-reactive ketones (excluding diaryl/α,β-unsaturated/α-hetero) is 1. The van der Waals surface area contributed by atoms with Crippen molar-refractivity contribution in [3.63, 3.8) is 0 Å². The number of aromatic nitrogens is 1. The summed E-state index contributed by atoms with van der Waals surface area (Å²) in [6.45, 7) is 9.36. The molecule has 1 aromatic heterocycles. The number of aliphatic hydroxyl groups excluding tert-OH is 1. The zero-order chi connectivity index (χ0) is 30.8. The van der Waals surface area contributed by atoms with Crippen LogP contribution in [0.4, 0.5) is 5.69 Å². The number of aliphatic hydroxyl groups is 1. The van der Waals surface area contributed by atoms with Gasteiger partial charge in [0.2, 0.25) is 11.8 Å². The fraction of sp³-hybridized carbons (Fsp3) is 0.455. The monoisotopic (exact) mass is 587 g/mol. The van der Waals surface area contributed by atoms with Crippen molar-refractivity contribution in [3.8, 4) is 5.75 Å². The van der Waals surface area contributed by atoms with E-state index in [9.17, 15) is 19.5 Å². The minimum absolute atomic E-state index is 0.00596. The first-order chi connectivity index (χ1) is 20.4. The average Bonchev–Trinajstić information content (AvgIpc) is 3.63. The number of ketones is 1. The summed E-state index contributed by atoms with van der Waals surface area (Å²) in [5.41, 5.74) is 3.20. The van der Waals surface area contributed by atoms with Gasteiger partial charge in [-0.3, -0.25) is 9.59 Å². The van der Waals surface area contributed by atoms with Crippen LogP contribution in [0.3, 0.4) is 0 Å². The first-order valence-electron chi connectivity index (χ1n) is 14.7. The van der Waals surface area contributed by atoms with Crippen molar-refractivity contribution >= 4 is 23.3 Å². The molecule has 1 amide bonds. The number of carbonyl (C=O) groups excluding carboxylic acids is 3. The van der Waals surface area contributed by atoms with E-state index in [4.69, 9.17) is 13.9 Å². The third-order valence-electron chi connectivity index (χ3n) is 8.87. The molecular formula is C33H37N3O7. The second-order valence-electron chi connectivity index (χ2n) is 12.5. The largest absolute Gasteiger partial charge is 0.469 e. The van der Waals surface area contributed by atoms with Gasteiger partial charge in [-0.05, 0) is 48.4 Å². The van der Waals surface area contributed by atoms with Crippen LogP contribution < -0.4 is 15.4 Å². The summed E-state index contributed by atoms with van der Waals surface area (Å²) in [6.07, 6.45) is -1.70. The van der Waals surface area contributed by atoms with Crippen LogP contribution in [-0.4, -0.2) is 47.2 Å². The zero-order valence-corrected chi connectivity index (χ0v) is 25.2. The molecule has 10 nitrogen and oxygen atoms in total. The molecule has 4 heterocycles. The van der Waals surface area contributed by atoms with E-state index in [0.29, 0.717) is 5.75 Å². The summed E-state index contributed by atoms with van der Waals surface area (Å²) in [5, 5.41) is 17.0. The Morgan fingerprint density at radius 3 is 2.58 bits per heavy atom. The summed E-state index contributed by atoms with van der Waals surface area (Å²) in [6, 6.07) is 11.0. The molecule has 6 rings (SSSR count). The minimum Gasteiger partial charge on any atom is -0.469 e. The Balaban J connectivity index is 1.61.